The van der Waals surface area contributed by atoms with Crippen molar-refractivity contribution in [3.63, 3.8) is 0 Å². The largest absolute Gasteiger partial charge is 0.459 e. The third-order valence-electron chi connectivity index (χ3n) is 3.27. The third-order valence-corrected chi connectivity index (χ3v) is 3.27. The zero-order valence-electron chi connectivity index (χ0n) is 10.2. The summed E-state index contributed by atoms with van der Waals surface area (Å²) in [5.74, 6) is 0.0236. The Morgan fingerprint density at radius 1 is 1.29 bits per heavy atom. The van der Waals surface area contributed by atoms with Gasteiger partial charge in [0.1, 0.15) is 6.61 Å². The maximum atomic E-state index is 11.8. The summed E-state index contributed by atoms with van der Waals surface area (Å²) in [6, 6.07) is 0. The Bertz CT molecular complexity index is 387. The van der Waals surface area contributed by atoms with Crippen LogP contribution in [-0.4, -0.2) is 15.9 Å². The molecular weight excluding hydrogens is 216 g/mol. The number of carbonyl (C=O) groups is 1. The predicted molar refractivity (Wildman–Crippen MR) is 63.1 cm³/mol. The molecule has 1 aromatic rings. The summed E-state index contributed by atoms with van der Waals surface area (Å²) >= 11 is 0. The summed E-state index contributed by atoms with van der Waals surface area (Å²) in [6.07, 6.45) is 8.73. The molecule has 0 unspecified atom stereocenters. The first-order valence-electron chi connectivity index (χ1n) is 6.20. The second kappa shape index (κ2) is 5.75. The average Bonchev–Trinajstić information content (AvgIpc) is 2.38. The van der Waals surface area contributed by atoms with Crippen LogP contribution in [0.1, 0.15) is 43.5 Å². The van der Waals surface area contributed by atoms with E-state index in [1.165, 1.54) is 6.42 Å². The van der Waals surface area contributed by atoms with E-state index in [-0.39, 0.29) is 18.5 Å². The van der Waals surface area contributed by atoms with Crippen molar-refractivity contribution >= 4 is 5.97 Å². The number of carbonyl (C=O) groups excluding carboxylic acids is 1. The van der Waals surface area contributed by atoms with Gasteiger partial charge in [0.2, 0.25) is 0 Å². The quantitative estimate of drug-likeness (QED) is 0.754. The van der Waals surface area contributed by atoms with Crippen molar-refractivity contribution in [3.8, 4) is 0 Å². The number of nitrogens with zero attached hydrogens (tertiary/aromatic N) is 2. The van der Waals surface area contributed by atoms with Crippen LogP contribution in [0.3, 0.4) is 0 Å². The number of aryl methyl sites for hydroxylation is 1. The lowest BCUT2D eigenvalue weighted by atomic mass is 9.89. The van der Waals surface area contributed by atoms with Crippen LogP contribution >= 0.6 is 0 Å². The van der Waals surface area contributed by atoms with Gasteiger partial charge in [-0.1, -0.05) is 19.3 Å². The van der Waals surface area contributed by atoms with Crippen LogP contribution < -0.4 is 0 Å². The molecular formula is C13H18N2O2. The Hall–Kier alpha value is -1.45. The highest BCUT2D eigenvalue weighted by atomic mass is 16.5. The van der Waals surface area contributed by atoms with E-state index in [0.717, 1.165) is 37.1 Å². The smallest absolute Gasteiger partial charge is 0.309 e. The summed E-state index contributed by atoms with van der Waals surface area (Å²) < 4.78 is 5.31. The Morgan fingerprint density at radius 3 is 2.71 bits per heavy atom. The van der Waals surface area contributed by atoms with Gasteiger partial charge in [-0.25, -0.2) is 0 Å². The Morgan fingerprint density at radius 2 is 2.00 bits per heavy atom. The highest BCUT2D eigenvalue weighted by molar-refractivity contribution is 5.72. The Balaban J connectivity index is 1.85. The van der Waals surface area contributed by atoms with Gasteiger partial charge in [-0.3, -0.25) is 14.8 Å². The summed E-state index contributed by atoms with van der Waals surface area (Å²) in [6.45, 7) is 2.12. The number of hydrogen-bond donors (Lipinski definition) is 0. The molecule has 0 amide bonds. The normalized spacial score (nSPS) is 16.8. The second-order valence-corrected chi connectivity index (χ2v) is 4.53. The fourth-order valence-electron chi connectivity index (χ4n) is 2.17. The molecule has 1 aromatic heterocycles. The van der Waals surface area contributed by atoms with Crippen molar-refractivity contribution in [2.45, 2.75) is 45.6 Å². The van der Waals surface area contributed by atoms with Crippen LogP contribution in [0.4, 0.5) is 0 Å². The number of hydrogen-bond acceptors (Lipinski definition) is 4. The Labute approximate surface area is 101 Å². The minimum absolute atomic E-state index is 0.0743. The maximum Gasteiger partial charge on any atom is 0.309 e. The van der Waals surface area contributed by atoms with Gasteiger partial charge in [0.15, 0.2) is 0 Å². The highest BCUT2D eigenvalue weighted by Gasteiger charge is 2.22. The average molecular weight is 234 g/mol. The minimum Gasteiger partial charge on any atom is -0.459 e. The van der Waals surface area contributed by atoms with Crippen LogP contribution in [0.2, 0.25) is 0 Å². The molecule has 17 heavy (non-hydrogen) atoms. The molecule has 0 aromatic carbocycles. The second-order valence-electron chi connectivity index (χ2n) is 4.53. The molecule has 4 nitrogen and oxygen atoms in total. The fourth-order valence-corrected chi connectivity index (χ4v) is 2.17. The summed E-state index contributed by atoms with van der Waals surface area (Å²) in [5.41, 5.74) is 1.57. The number of ether oxygens (including phenoxy) is 1. The molecule has 1 aliphatic carbocycles. The summed E-state index contributed by atoms with van der Waals surface area (Å²) in [5, 5.41) is 0. The molecule has 0 N–H and O–H groups in total. The molecule has 0 bridgehead atoms. The van der Waals surface area contributed by atoms with Gasteiger partial charge < -0.3 is 4.74 Å². The van der Waals surface area contributed by atoms with Crippen LogP contribution in [-0.2, 0) is 16.1 Å². The summed E-state index contributed by atoms with van der Waals surface area (Å²) in [4.78, 5) is 20.1. The first kappa shape index (κ1) is 12.0. The van der Waals surface area contributed by atoms with E-state index in [2.05, 4.69) is 9.97 Å². The van der Waals surface area contributed by atoms with E-state index < -0.39 is 0 Å². The van der Waals surface area contributed by atoms with Crippen molar-refractivity contribution in [3.05, 3.63) is 23.8 Å². The SMILES string of the molecule is Cc1nccnc1COC(=O)C1CCCCC1. The number of rotatable bonds is 3. The topological polar surface area (TPSA) is 52.1 Å². The lowest BCUT2D eigenvalue weighted by Crippen LogP contribution is -2.20. The van der Waals surface area contributed by atoms with Crippen LogP contribution in [0, 0.1) is 12.8 Å². The third kappa shape index (κ3) is 3.25. The van der Waals surface area contributed by atoms with Gasteiger partial charge in [-0.05, 0) is 19.8 Å². The van der Waals surface area contributed by atoms with Gasteiger partial charge in [0.05, 0.1) is 17.3 Å². The van der Waals surface area contributed by atoms with Crippen LogP contribution in [0.25, 0.3) is 0 Å². The van der Waals surface area contributed by atoms with Crippen molar-refractivity contribution in [2.24, 2.45) is 5.92 Å². The van der Waals surface area contributed by atoms with Gasteiger partial charge in [0.25, 0.3) is 0 Å². The lowest BCUT2D eigenvalue weighted by molar-refractivity contribution is -0.151. The molecule has 4 heteroatoms. The van der Waals surface area contributed by atoms with E-state index in [1.807, 2.05) is 6.92 Å². The minimum atomic E-state index is -0.0743. The van der Waals surface area contributed by atoms with Gasteiger partial charge in [0, 0.05) is 12.4 Å². The van der Waals surface area contributed by atoms with Crippen molar-refractivity contribution < 1.29 is 9.53 Å². The van der Waals surface area contributed by atoms with E-state index >= 15 is 0 Å². The van der Waals surface area contributed by atoms with Gasteiger partial charge in [-0.2, -0.15) is 0 Å². The van der Waals surface area contributed by atoms with Crippen LogP contribution in [0.15, 0.2) is 12.4 Å². The monoisotopic (exact) mass is 234 g/mol. The molecule has 92 valence electrons. The molecule has 1 saturated carbocycles. The molecule has 0 atom stereocenters. The van der Waals surface area contributed by atoms with Crippen LogP contribution in [0.5, 0.6) is 0 Å². The zero-order chi connectivity index (χ0) is 12.1. The molecule has 0 spiro atoms. The highest BCUT2D eigenvalue weighted by Crippen LogP contribution is 2.24. The zero-order valence-corrected chi connectivity index (χ0v) is 10.2. The van der Waals surface area contributed by atoms with Gasteiger partial charge >= 0.3 is 5.97 Å². The van der Waals surface area contributed by atoms with E-state index in [9.17, 15) is 4.79 Å². The van der Waals surface area contributed by atoms with E-state index in [1.54, 1.807) is 12.4 Å². The van der Waals surface area contributed by atoms with Crippen molar-refractivity contribution in [1.82, 2.24) is 9.97 Å². The first-order chi connectivity index (χ1) is 8.27. The maximum absolute atomic E-state index is 11.8. The molecule has 0 aliphatic heterocycles. The van der Waals surface area contributed by atoms with Crippen molar-refractivity contribution in [2.75, 3.05) is 0 Å². The van der Waals surface area contributed by atoms with Crippen molar-refractivity contribution in [1.29, 1.82) is 0 Å². The molecule has 1 heterocycles. The van der Waals surface area contributed by atoms with E-state index in [4.69, 9.17) is 4.74 Å². The molecule has 0 saturated heterocycles. The molecule has 1 fully saturated rings. The van der Waals surface area contributed by atoms with E-state index in [0.29, 0.717) is 0 Å². The molecule has 2 rings (SSSR count). The Kier molecular flexibility index (Phi) is 4.07. The number of esters is 1. The summed E-state index contributed by atoms with van der Waals surface area (Å²) in [7, 11) is 0. The number of aromatic nitrogens is 2. The molecule has 0 radical (unpaired) electrons. The first-order valence-corrected chi connectivity index (χ1v) is 6.20. The predicted octanol–water partition coefficient (Wildman–Crippen LogP) is 2.41. The van der Waals surface area contributed by atoms with Gasteiger partial charge in [-0.15, -0.1) is 0 Å². The lowest BCUT2D eigenvalue weighted by Gasteiger charge is -2.19. The fraction of sp³-hybridized carbons (Fsp3) is 0.615. The standard InChI is InChI=1S/C13H18N2O2/c1-10-12(15-8-7-14-10)9-17-13(16)11-5-3-2-4-6-11/h7-8,11H,2-6,9H2,1H3. The molecule has 1 aliphatic rings.